The number of ether oxygens (including phenoxy) is 2. The Morgan fingerprint density at radius 2 is 2.24 bits per heavy atom. The summed E-state index contributed by atoms with van der Waals surface area (Å²) in [6.45, 7) is 5.92. The van der Waals surface area contributed by atoms with Crippen molar-refractivity contribution in [3.8, 4) is 5.75 Å². The lowest BCUT2D eigenvalue weighted by atomic mass is 10.1. The van der Waals surface area contributed by atoms with E-state index in [0.29, 0.717) is 32.7 Å². The quantitative estimate of drug-likeness (QED) is 0.889. The van der Waals surface area contributed by atoms with Gasteiger partial charge in [0.15, 0.2) is 0 Å². The number of aryl methyl sites for hydroxylation is 2. The first-order chi connectivity index (χ1) is 10.1. The van der Waals surface area contributed by atoms with Gasteiger partial charge in [-0.05, 0) is 37.1 Å². The van der Waals surface area contributed by atoms with Crippen LogP contribution in [0.5, 0.6) is 5.75 Å². The fourth-order valence-electron chi connectivity index (χ4n) is 2.27. The number of carbonyl (C=O) groups is 1. The van der Waals surface area contributed by atoms with E-state index in [-0.39, 0.29) is 18.6 Å². The molecule has 1 amide bonds. The van der Waals surface area contributed by atoms with Crippen molar-refractivity contribution in [1.29, 1.82) is 0 Å². The largest absolute Gasteiger partial charge is 0.493 e. The van der Waals surface area contributed by atoms with Crippen LogP contribution in [0.3, 0.4) is 0 Å². The van der Waals surface area contributed by atoms with Gasteiger partial charge in [0.1, 0.15) is 5.75 Å². The van der Waals surface area contributed by atoms with Crippen molar-refractivity contribution in [3.05, 3.63) is 29.3 Å². The highest BCUT2D eigenvalue weighted by atomic mass is 16.5. The molecule has 5 nitrogen and oxygen atoms in total. The summed E-state index contributed by atoms with van der Waals surface area (Å²) >= 11 is 0. The number of rotatable bonds is 5. The van der Waals surface area contributed by atoms with Gasteiger partial charge in [-0.15, -0.1) is 0 Å². The van der Waals surface area contributed by atoms with Crippen LogP contribution >= 0.6 is 0 Å². The van der Waals surface area contributed by atoms with Crippen molar-refractivity contribution < 1.29 is 19.4 Å². The average molecular weight is 293 g/mol. The molecule has 21 heavy (non-hydrogen) atoms. The summed E-state index contributed by atoms with van der Waals surface area (Å²) in [6.07, 6.45) is 0.0776. The normalized spacial score (nSPS) is 18.6. The molecule has 1 aromatic carbocycles. The summed E-state index contributed by atoms with van der Waals surface area (Å²) in [5, 5.41) is 9.08. The van der Waals surface area contributed by atoms with Crippen molar-refractivity contribution in [1.82, 2.24) is 4.90 Å². The maximum absolute atomic E-state index is 12.1. The zero-order chi connectivity index (χ0) is 15.2. The Hall–Kier alpha value is -1.59. The molecule has 0 spiro atoms. The number of amides is 1. The Bertz CT molecular complexity index is 489. The molecule has 1 N–H and O–H groups in total. The van der Waals surface area contributed by atoms with E-state index >= 15 is 0 Å². The van der Waals surface area contributed by atoms with Crippen LogP contribution in [0.2, 0.25) is 0 Å². The molecule has 0 saturated carbocycles. The molecular formula is C16H23NO4. The number of hydrogen-bond acceptors (Lipinski definition) is 4. The van der Waals surface area contributed by atoms with Gasteiger partial charge in [-0.2, -0.15) is 0 Å². The maximum Gasteiger partial charge on any atom is 0.226 e. The van der Waals surface area contributed by atoms with Crippen LogP contribution < -0.4 is 4.74 Å². The van der Waals surface area contributed by atoms with Crippen LogP contribution in [0.1, 0.15) is 17.5 Å². The predicted octanol–water partition coefficient (Wildman–Crippen LogP) is 1.29. The molecule has 0 aliphatic carbocycles. The molecule has 1 unspecified atom stereocenters. The van der Waals surface area contributed by atoms with E-state index in [1.165, 1.54) is 11.1 Å². The van der Waals surface area contributed by atoms with E-state index in [2.05, 4.69) is 6.92 Å². The van der Waals surface area contributed by atoms with Crippen molar-refractivity contribution in [2.45, 2.75) is 26.4 Å². The first kappa shape index (κ1) is 15.8. The van der Waals surface area contributed by atoms with Gasteiger partial charge in [0.25, 0.3) is 0 Å². The molecule has 1 aromatic rings. The SMILES string of the molecule is Cc1ccc(OCCC(=O)N2CCOC(CO)C2)cc1C. The third-order valence-electron chi connectivity index (χ3n) is 3.76. The first-order valence-electron chi connectivity index (χ1n) is 7.30. The average Bonchev–Trinajstić information content (AvgIpc) is 2.50. The summed E-state index contributed by atoms with van der Waals surface area (Å²) in [5.74, 6) is 0.835. The molecule has 1 aliphatic rings. The zero-order valence-corrected chi connectivity index (χ0v) is 12.7. The lowest BCUT2D eigenvalue weighted by Crippen LogP contribution is -2.47. The minimum Gasteiger partial charge on any atom is -0.493 e. The molecule has 1 aliphatic heterocycles. The molecule has 0 aromatic heterocycles. The van der Waals surface area contributed by atoms with Gasteiger partial charge in [0, 0.05) is 13.1 Å². The molecule has 0 bridgehead atoms. The molecule has 1 heterocycles. The third-order valence-corrected chi connectivity index (χ3v) is 3.76. The van der Waals surface area contributed by atoms with Gasteiger partial charge in [-0.3, -0.25) is 4.79 Å². The summed E-state index contributed by atoms with van der Waals surface area (Å²) in [4.78, 5) is 13.8. The summed E-state index contributed by atoms with van der Waals surface area (Å²) in [6, 6.07) is 5.92. The number of morpholine rings is 1. The molecule has 5 heteroatoms. The summed E-state index contributed by atoms with van der Waals surface area (Å²) in [5.41, 5.74) is 2.40. The second kappa shape index (κ2) is 7.43. The predicted molar refractivity (Wildman–Crippen MR) is 79.4 cm³/mol. The van der Waals surface area contributed by atoms with Crippen LogP contribution in [0.4, 0.5) is 0 Å². The number of hydrogen-bond donors (Lipinski definition) is 1. The molecule has 0 radical (unpaired) electrons. The highest BCUT2D eigenvalue weighted by Crippen LogP contribution is 2.16. The fourth-order valence-corrected chi connectivity index (χ4v) is 2.27. The maximum atomic E-state index is 12.1. The Morgan fingerprint density at radius 3 is 2.95 bits per heavy atom. The molecular weight excluding hydrogens is 270 g/mol. The van der Waals surface area contributed by atoms with Gasteiger partial charge >= 0.3 is 0 Å². The number of nitrogens with zero attached hydrogens (tertiary/aromatic N) is 1. The van der Waals surface area contributed by atoms with Gasteiger partial charge in [-0.1, -0.05) is 6.07 Å². The van der Waals surface area contributed by atoms with Crippen molar-refractivity contribution in [2.75, 3.05) is 32.9 Å². The molecule has 1 fully saturated rings. The van der Waals surface area contributed by atoms with Crippen molar-refractivity contribution >= 4 is 5.91 Å². The molecule has 1 saturated heterocycles. The number of benzene rings is 1. The van der Waals surface area contributed by atoms with Gasteiger partial charge < -0.3 is 19.5 Å². The van der Waals surface area contributed by atoms with E-state index in [0.717, 1.165) is 5.75 Å². The van der Waals surface area contributed by atoms with Crippen LogP contribution in [0.15, 0.2) is 18.2 Å². The van der Waals surface area contributed by atoms with Crippen molar-refractivity contribution in [2.24, 2.45) is 0 Å². The zero-order valence-electron chi connectivity index (χ0n) is 12.7. The van der Waals surface area contributed by atoms with E-state index in [1.807, 2.05) is 25.1 Å². The van der Waals surface area contributed by atoms with Crippen LogP contribution in [0, 0.1) is 13.8 Å². The van der Waals surface area contributed by atoms with E-state index in [4.69, 9.17) is 14.6 Å². The minimum absolute atomic E-state index is 0.0422. The number of aliphatic hydroxyl groups is 1. The van der Waals surface area contributed by atoms with Crippen LogP contribution in [0.25, 0.3) is 0 Å². The fraction of sp³-hybridized carbons (Fsp3) is 0.562. The first-order valence-corrected chi connectivity index (χ1v) is 7.30. The highest BCUT2D eigenvalue weighted by molar-refractivity contribution is 5.76. The van der Waals surface area contributed by atoms with Gasteiger partial charge in [-0.25, -0.2) is 0 Å². The smallest absolute Gasteiger partial charge is 0.226 e. The second-order valence-corrected chi connectivity index (χ2v) is 5.36. The monoisotopic (exact) mass is 293 g/mol. The number of carbonyl (C=O) groups excluding carboxylic acids is 1. The number of aliphatic hydroxyl groups excluding tert-OH is 1. The highest BCUT2D eigenvalue weighted by Gasteiger charge is 2.23. The standard InChI is InChI=1S/C16H23NO4/c1-12-3-4-14(9-13(12)2)20-7-5-16(19)17-6-8-21-15(10-17)11-18/h3-4,9,15,18H,5-8,10-11H2,1-2H3. The molecule has 2 rings (SSSR count). The topological polar surface area (TPSA) is 59.0 Å². The lowest BCUT2D eigenvalue weighted by molar-refractivity contribution is -0.140. The van der Waals surface area contributed by atoms with Crippen LogP contribution in [-0.4, -0.2) is 54.9 Å². The summed E-state index contributed by atoms with van der Waals surface area (Å²) < 4.78 is 11.0. The molecule has 116 valence electrons. The lowest BCUT2D eigenvalue weighted by Gasteiger charge is -2.32. The molecule has 1 atom stereocenters. The third kappa shape index (κ3) is 4.44. The van der Waals surface area contributed by atoms with Crippen LogP contribution in [-0.2, 0) is 9.53 Å². The van der Waals surface area contributed by atoms with Gasteiger partial charge in [0.2, 0.25) is 5.91 Å². The Labute approximate surface area is 125 Å². The van der Waals surface area contributed by atoms with E-state index in [1.54, 1.807) is 4.90 Å². The van der Waals surface area contributed by atoms with Crippen molar-refractivity contribution in [3.63, 3.8) is 0 Å². The minimum atomic E-state index is -0.261. The van der Waals surface area contributed by atoms with E-state index < -0.39 is 0 Å². The van der Waals surface area contributed by atoms with E-state index in [9.17, 15) is 4.79 Å². The van der Waals surface area contributed by atoms with Gasteiger partial charge in [0.05, 0.1) is 32.3 Å². The summed E-state index contributed by atoms with van der Waals surface area (Å²) in [7, 11) is 0. The second-order valence-electron chi connectivity index (χ2n) is 5.36. The Morgan fingerprint density at radius 1 is 1.43 bits per heavy atom. The Kier molecular flexibility index (Phi) is 5.59. The Balaban J connectivity index is 1.77.